The molecule has 0 aromatic carbocycles. The fourth-order valence-electron chi connectivity index (χ4n) is 2.90. The molecule has 0 bridgehead atoms. The van der Waals surface area contributed by atoms with Crippen LogP contribution >= 0.6 is 11.3 Å². The van der Waals surface area contributed by atoms with E-state index in [1.165, 1.54) is 16.2 Å². The lowest BCUT2D eigenvalue weighted by molar-refractivity contribution is -0.116. The molecule has 22 heavy (non-hydrogen) atoms. The van der Waals surface area contributed by atoms with Gasteiger partial charge in [-0.1, -0.05) is 13.8 Å². The zero-order valence-corrected chi connectivity index (χ0v) is 14.2. The number of thiophene rings is 1. The Morgan fingerprint density at radius 2 is 1.91 bits per heavy atom. The maximum absolute atomic E-state index is 12.2. The first-order valence-electron chi connectivity index (χ1n) is 8.03. The fraction of sp³-hybridized carbons (Fsp3) is 0.625. The van der Waals surface area contributed by atoms with E-state index in [-0.39, 0.29) is 5.91 Å². The van der Waals surface area contributed by atoms with Crippen molar-refractivity contribution in [3.63, 3.8) is 0 Å². The van der Waals surface area contributed by atoms with E-state index in [2.05, 4.69) is 24.1 Å². The van der Waals surface area contributed by atoms with Crippen molar-refractivity contribution >= 4 is 28.2 Å². The molecule has 0 saturated heterocycles. The molecule has 122 valence electrons. The van der Waals surface area contributed by atoms with Crippen LogP contribution in [-0.2, 0) is 17.6 Å². The lowest BCUT2D eigenvalue weighted by Crippen LogP contribution is -2.27. The van der Waals surface area contributed by atoms with Gasteiger partial charge in [-0.05, 0) is 44.3 Å². The largest absolute Gasteiger partial charge is 0.365 e. The summed E-state index contributed by atoms with van der Waals surface area (Å²) in [7, 11) is 0. The van der Waals surface area contributed by atoms with E-state index < -0.39 is 5.91 Å². The van der Waals surface area contributed by atoms with Gasteiger partial charge >= 0.3 is 0 Å². The SMILES string of the molecule is CCN(CC)CCC(=O)Nc1sc2c(c1C(N)=O)CCCC2. The second-order valence-electron chi connectivity index (χ2n) is 5.60. The summed E-state index contributed by atoms with van der Waals surface area (Å²) in [6, 6.07) is 0. The number of fused-ring (bicyclic) bond motifs is 1. The minimum Gasteiger partial charge on any atom is -0.365 e. The van der Waals surface area contributed by atoms with Crippen LogP contribution < -0.4 is 11.1 Å². The summed E-state index contributed by atoms with van der Waals surface area (Å²) in [5.41, 5.74) is 7.13. The van der Waals surface area contributed by atoms with Crippen LogP contribution in [0.2, 0.25) is 0 Å². The van der Waals surface area contributed by atoms with E-state index in [1.54, 1.807) is 0 Å². The van der Waals surface area contributed by atoms with Gasteiger partial charge in [-0.25, -0.2) is 0 Å². The number of nitrogens with one attached hydrogen (secondary N) is 1. The third-order valence-electron chi connectivity index (χ3n) is 4.22. The zero-order chi connectivity index (χ0) is 16.1. The van der Waals surface area contributed by atoms with Gasteiger partial charge in [-0.3, -0.25) is 9.59 Å². The Hall–Kier alpha value is -1.40. The highest BCUT2D eigenvalue weighted by Crippen LogP contribution is 2.37. The molecule has 2 amide bonds. The van der Waals surface area contributed by atoms with Crippen LogP contribution in [0.3, 0.4) is 0 Å². The van der Waals surface area contributed by atoms with Crippen LogP contribution in [-0.4, -0.2) is 36.3 Å². The third kappa shape index (κ3) is 3.87. The number of nitrogens with two attached hydrogens (primary N) is 1. The van der Waals surface area contributed by atoms with Crippen molar-refractivity contribution in [1.82, 2.24) is 4.90 Å². The summed E-state index contributed by atoms with van der Waals surface area (Å²) in [4.78, 5) is 27.3. The first-order chi connectivity index (χ1) is 10.6. The Kier molecular flexibility index (Phi) is 5.97. The summed E-state index contributed by atoms with van der Waals surface area (Å²) >= 11 is 1.52. The number of hydrogen-bond acceptors (Lipinski definition) is 4. The number of carbonyl (C=O) groups excluding carboxylic acids is 2. The van der Waals surface area contributed by atoms with Crippen molar-refractivity contribution in [3.05, 3.63) is 16.0 Å². The van der Waals surface area contributed by atoms with Crippen molar-refractivity contribution < 1.29 is 9.59 Å². The van der Waals surface area contributed by atoms with Gasteiger partial charge in [0.2, 0.25) is 5.91 Å². The normalized spacial score (nSPS) is 14.0. The fourth-order valence-corrected chi connectivity index (χ4v) is 4.21. The molecule has 1 heterocycles. The molecule has 0 saturated carbocycles. The first-order valence-corrected chi connectivity index (χ1v) is 8.85. The average molecular weight is 323 g/mol. The Labute approximate surface area is 135 Å². The van der Waals surface area contributed by atoms with Gasteiger partial charge in [0.15, 0.2) is 0 Å². The highest BCUT2D eigenvalue weighted by molar-refractivity contribution is 7.17. The van der Waals surface area contributed by atoms with Crippen molar-refractivity contribution in [2.45, 2.75) is 46.0 Å². The van der Waals surface area contributed by atoms with E-state index in [9.17, 15) is 9.59 Å². The molecule has 1 aromatic heterocycles. The van der Waals surface area contributed by atoms with Gasteiger partial charge in [-0.15, -0.1) is 11.3 Å². The highest BCUT2D eigenvalue weighted by atomic mass is 32.1. The number of carbonyl (C=O) groups is 2. The standard InChI is InChI=1S/C16H25N3O2S/c1-3-19(4-2)10-9-13(20)18-16-14(15(17)21)11-7-5-6-8-12(11)22-16/h3-10H2,1-2H3,(H2,17,21)(H,18,20). The number of anilines is 1. The van der Waals surface area contributed by atoms with E-state index in [1.807, 2.05) is 0 Å². The minimum absolute atomic E-state index is 0.0482. The van der Waals surface area contributed by atoms with Crippen LogP contribution in [0.5, 0.6) is 0 Å². The molecule has 6 heteroatoms. The molecule has 5 nitrogen and oxygen atoms in total. The molecule has 3 N–H and O–H groups in total. The Morgan fingerprint density at radius 1 is 1.23 bits per heavy atom. The predicted molar refractivity (Wildman–Crippen MR) is 90.5 cm³/mol. The quantitative estimate of drug-likeness (QED) is 0.809. The molecule has 0 aliphatic heterocycles. The van der Waals surface area contributed by atoms with Crippen LogP contribution in [0.4, 0.5) is 5.00 Å². The maximum atomic E-state index is 12.2. The van der Waals surface area contributed by atoms with Crippen LogP contribution in [0.1, 0.15) is 53.9 Å². The average Bonchev–Trinajstić information content (AvgIpc) is 2.86. The summed E-state index contributed by atoms with van der Waals surface area (Å²) in [5, 5.41) is 3.55. The van der Waals surface area contributed by atoms with Gasteiger partial charge in [0.25, 0.3) is 5.91 Å². The van der Waals surface area contributed by atoms with E-state index in [0.717, 1.165) is 50.9 Å². The zero-order valence-electron chi connectivity index (χ0n) is 13.4. The van der Waals surface area contributed by atoms with E-state index in [0.29, 0.717) is 17.0 Å². The summed E-state index contributed by atoms with van der Waals surface area (Å²) in [6.45, 7) is 6.77. The van der Waals surface area contributed by atoms with Gasteiger partial charge in [0.05, 0.1) is 5.56 Å². The number of primary amides is 1. The monoisotopic (exact) mass is 323 g/mol. The van der Waals surface area contributed by atoms with Gasteiger partial charge < -0.3 is 16.0 Å². The minimum atomic E-state index is -0.432. The van der Waals surface area contributed by atoms with Crippen molar-refractivity contribution in [2.24, 2.45) is 5.73 Å². The summed E-state index contributed by atoms with van der Waals surface area (Å²) in [6.07, 6.45) is 4.53. The van der Waals surface area contributed by atoms with Gasteiger partial charge in [0.1, 0.15) is 5.00 Å². The smallest absolute Gasteiger partial charge is 0.251 e. The molecule has 1 aliphatic carbocycles. The lowest BCUT2D eigenvalue weighted by Gasteiger charge is -2.17. The summed E-state index contributed by atoms with van der Waals surface area (Å²) in [5.74, 6) is -0.480. The van der Waals surface area contributed by atoms with Crippen LogP contribution in [0.15, 0.2) is 0 Å². The second kappa shape index (κ2) is 7.74. The highest BCUT2D eigenvalue weighted by Gasteiger charge is 2.24. The molecular formula is C16H25N3O2S. The van der Waals surface area contributed by atoms with Gasteiger partial charge in [-0.2, -0.15) is 0 Å². The number of amides is 2. The third-order valence-corrected chi connectivity index (χ3v) is 5.43. The van der Waals surface area contributed by atoms with Crippen LogP contribution in [0.25, 0.3) is 0 Å². The molecule has 0 unspecified atom stereocenters. The van der Waals surface area contributed by atoms with E-state index >= 15 is 0 Å². The van der Waals surface area contributed by atoms with Crippen molar-refractivity contribution in [1.29, 1.82) is 0 Å². The number of rotatable bonds is 7. The molecule has 1 aromatic rings. The van der Waals surface area contributed by atoms with Crippen LogP contribution in [0, 0.1) is 0 Å². The number of nitrogens with zero attached hydrogens (tertiary/aromatic N) is 1. The Balaban J connectivity index is 2.07. The van der Waals surface area contributed by atoms with Gasteiger partial charge in [0, 0.05) is 17.8 Å². The second-order valence-corrected chi connectivity index (χ2v) is 6.71. The Morgan fingerprint density at radius 3 is 2.55 bits per heavy atom. The lowest BCUT2D eigenvalue weighted by atomic mass is 9.95. The molecular weight excluding hydrogens is 298 g/mol. The number of aryl methyl sites for hydroxylation is 1. The first kappa shape index (κ1) is 17.0. The Bertz CT molecular complexity index is 550. The van der Waals surface area contributed by atoms with Crippen molar-refractivity contribution in [2.75, 3.05) is 25.0 Å². The maximum Gasteiger partial charge on any atom is 0.251 e. The molecule has 0 spiro atoms. The molecule has 0 atom stereocenters. The predicted octanol–water partition coefficient (Wildman–Crippen LogP) is 2.40. The molecule has 2 rings (SSSR count). The molecule has 0 fully saturated rings. The summed E-state index contributed by atoms with van der Waals surface area (Å²) < 4.78 is 0. The number of hydrogen-bond donors (Lipinski definition) is 2. The topological polar surface area (TPSA) is 75.4 Å². The van der Waals surface area contributed by atoms with E-state index in [4.69, 9.17) is 5.73 Å². The van der Waals surface area contributed by atoms with Crippen molar-refractivity contribution in [3.8, 4) is 0 Å². The molecule has 1 aliphatic rings. The molecule has 0 radical (unpaired) electrons.